The number of rotatable bonds is 7. The molecule has 0 bridgehead atoms. The molecule has 4 rings (SSSR count). The van der Waals surface area contributed by atoms with E-state index in [1.807, 2.05) is 30.3 Å². The summed E-state index contributed by atoms with van der Waals surface area (Å²) in [5.41, 5.74) is 1.28. The summed E-state index contributed by atoms with van der Waals surface area (Å²) in [5.74, 6) is 2.40. The van der Waals surface area contributed by atoms with Crippen LogP contribution in [0.5, 0.6) is 5.75 Å². The van der Waals surface area contributed by atoms with Gasteiger partial charge < -0.3 is 20.4 Å². The fraction of sp³-hybridized carbons (Fsp3) is 0.118. The Morgan fingerprint density at radius 3 is 2.81 bits per heavy atom. The molecule has 26 heavy (non-hydrogen) atoms. The molecule has 9 heteroatoms. The molecule has 0 saturated heterocycles. The molecule has 130 valence electrons. The molecule has 0 aliphatic heterocycles. The second-order valence-electron chi connectivity index (χ2n) is 5.30. The van der Waals surface area contributed by atoms with Crippen LogP contribution in [0.25, 0.3) is 11.2 Å². The molecule has 0 amide bonds. The monoisotopic (exact) mass is 348 g/mol. The fourth-order valence-electron chi connectivity index (χ4n) is 2.35. The third-order valence-electron chi connectivity index (χ3n) is 3.50. The van der Waals surface area contributed by atoms with E-state index in [9.17, 15) is 0 Å². The molecule has 3 N–H and O–H groups in total. The van der Waals surface area contributed by atoms with E-state index in [4.69, 9.17) is 4.74 Å². The van der Waals surface area contributed by atoms with E-state index in [1.165, 1.54) is 0 Å². The van der Waals surface area contributed by atoms with Gasteiger partial charge in [-0.25, -0.2) is 9.97 Å². The summed E-state index contributed by atoms with van der Waals surface area (Å²) in [4.78, 5) is 24.3. The van der Waals surface area contributed by atoms with Crippen LogP contribution >= 0.6 is 0 Å². The number of para-hydroxylation sites is 1. The zero-order valence-electron chi connectivity index (χ0n) is 13.8. The van der Waals surface area contributed by atoms with Gasteiger partial charge in [0, 0.05) is 12.4 Å². The zero-order valence-corrected chi connectivity index (χ0v) is 13.8. The molecular weight excluding hydrogens is 332 g/mol. The van der Waals surface area contributed by atoms with E-state index >= 15 is 0 Å². The predicted octanol–water partition coefficient (Wildman–Crippen LogP) is 2.38. The van der Waals surface area contributed by atoms with Crippen molar-refractivity contribution in [3.63, 3.8) is 0 Å². The third kappa shape index (κ3) is 3.66. The number of hydrogen-bond donors (Lipinski definition) is 3. The van der Waals surface area contributed by atoms with Gasteiger partial charge in [0.1, 0.15) is 17.9 Å². The first kappa shape index (κ1) is 15.8. The van der Waals surface area contributed by atoms with E-state index in [0.29, 0.717) is 36.4 Å². The van der Waals surface area contributed by atoms with E-state index in [-0.39, 0.29) is 0 Å². The lowest BCUT2D eigenvalue weighted by atomic mass is 10.3. The largest absolute Gasteiger partial charge is 0.492 e. The van der Waals surface area contributed by atoms with Gasteiger partial charge in [0.25, 0.3) is 0 Å². The van der Waals surface area contributed by atoms with Gasteiger partial charge in [0.15, 0.2) is 17.3 Å². The highest BCUT2D eigenvalue weighted by atomic mass is 16.5. The van der Waals surface area contributed by atoms with Crippen molar-refractivity contribution >= 4 is 28.7 Å². The first-order chi connectivity index (χ1) is 12.9. The molecule has 0 fully saturated rings. The molecule has 4 aromatic rings. The molecule has 0 unspecified atom stereocenters. The lowest BCUT2D eigenvalue weighted by Crippen LogP contribution is -2.13. The van der Waals surface area contributed by atoms with Crippen LogP contribution in [0.1, 0.15) is 0 Å². The summed E-state index contributed by atoms with van der Waals surface area (Å²) in [6.45, 7) is 1.07. The predicted molar refractivity (Wildman–Crippen MR) is 97.4 cm³/mol. The summed E-state index contributed by atoms with van der Waals surface area (Å²) in [6.07, 6.45) is 6.37. The number of aromatic amines is 1. The molecular formula is C17H16N8O. The van der Waals surface area contributed by atoms with Gasteiger partial charge in [-0.3, -0.25) is 4.98 Å². The van der Waals surface area contributed by atoms with Crippen LogP contribution in [0.4, 0.5) is 17.6 Å². The minimum atomic E-state index is 0.386. The van der Waals surface area contributed by atoms with E-state index in [2.05, 4.69) is 40.5 Å². The minimum Gasteiger partial charge on any atom is -0.492 e. The highest BCUT2D eigenvalue weighted by Gasteiger charge is 2.10. The number of aromatic nitrogens is 6. The van der Waals surface area contributed by atoms with Crippen LogP contribution < -0.4 is 15.4 Å². The van der Waals surface area contributed by atoms with Crippen LogP contribution in [0.2, 0.25) is 0 Å². The molecule has 0 radical (unpaired) electrons. The van der Waals surface area contributed by atoms with Crippen molar-refractivity contribution in [1.82, 2.24) is 29.9 Å². The van der Waals surface area contributed by atoms with Crippen molar-refractivity contribution in [2.75, 3.05) is 23.8 Å². The Labute approximate surface area is 148 Å². The van der Waals surface area contributed by atoms with Crippen molar-refractivity contribution < 1.29 is 4.74 Å². The van der Waals surface area contributed by atoms with Crippen LogP contribution in [0.3, 0.4) is 0 Å². The average molecular weight is 348 g/mol. The number of imidazole rings is 1. The van der Waals surface area contributed by atoms with Crippen molar-refractivity contribution in [3.05, 3.63) is 55.2 Å². The van der Waals surface area contributed by atoms with Gasteiger partial charge in [0.2, 0.25) is 5.95 Å². The van der Waals surface area contributed by atoms with Gasteiger partial charge in [-0.2, -0.15) is 9.97 Å². The lowest BCUT2D eigenvalue weighted by Gasteiger charge is -2.10. The van der Waals surface area contributed by atoms with Crippen LogP contribution in [-0.2, 0) is 0 Å². The topological polar surface area (TPSA) is 114 Å². The van der Waals surface area contributed by atoms with Crippen molar-refractivity contribution in [2.45, 2.75) is 0 Å². The molecule has 0 aliphatic rings. The lowest BCUT2D eigenvalue weighted by molar-refractivity contribution is 0.333. The third-order valence-corrected chi connectivity index (χ3v) is 3.50. The van der Waals surface area contributed by atoms with Gasteiger partial charge in [-0.1, -0.05) is 18.2 Å². The Bertz CT molecular complexity index is 974. The van der Waals surface area contributed by atoms with Crippen LogP contribution in [0.15, 0.2) is 55.2 Å². The molecule has 1 aromatic carbocycles. The minimum absolute atomic E-state index is 0.386. The maximum Gasteiger partial charge on any atom is 0.232 e. The van der Waals surface area contributed by atoms with Gasteiger partial charge >= 0.3 is 0 Å². The number of hydrogen-bond acceptors (Lipinski definition) is 8. The van der Waals surface area contributed by atoms with Crippen LogP contribution in [-0.4, -0.2) is 43.1 Å². The Kier molecular flexibility index (Phi) is 4.50. The first-order valence-corrected chi connectivity index (χ1v) is 8.04. The number of ether oxygens (including phenoxy) is 1. The first-order valence-electron chi connectivity index (χ1n) is 8.04. The number of nitrogens with zero attached hydrogens (tertiary/aromatic N) is 5. The number of fused-ring (bicyclic) bond motifs is 1. The van der Waals surface area contributed by atoms with Gasteiger partial charge in [0.05, 0.1) is 19.1 Å². The molecule has 0 spiro atoms. The molecule has 0 aliphatic carbocycles. The summed E-state index contributed by atoms with van der Waals surface area (Å²) < 4.78 is 5.68. The van der Waals surface area contributed by atoms with E-state index in [0.717, 1.165) is 11.3 Å². The highest BCUT2D eigenvalue weighted by molar-refractivity contribution is 5.83. The second kappa shape index (κ2) is 7.43. The Morgan fingerprint density at radius 1 is 1.04 bits per heavy atom. The normalized spacial score (nSPS) is 10.6. The fourth-order valence-corrected chi connectivity index (χ4v) is 2.35. The Morgan fingerprint density at radius 2 is 1.96 bits per heavy atom. The Balaban J connectivity index is 1.46. The molecule has 0 atom stereocenters. The average Bonchev–Trinajstić information content (AvgIpc) is 3.15. The van der Waals surface area contributed by atoms with Crippen LogP contribution in [0, 0.1) is 0 Å². The summed E-state index contributed by atoms with van der Waals surface area (Å²) in [5, 5.41) is 6.27. The van der Waals surface area contributed by atoms with Gasteiger partial charge in [-0.15, -0.1) is 0 Å². The number of nitrogens with one attached hydrogen (secondary N) is 3. The quantitative estimate of drug-likeness (QED) is 0.436. The highest BCUT2D eigenvalue weighted by Crippen LogP contribution is 2.20. The maximum absolute atomic E-state index is 5.68. The van der Waals surface area contributed by atoms with Crippen molar-refractivity contribution in [2.24, 2.45) is 0 Å². The smallest absolute Gasteiger partial charge is 0.232 e. The molecule has 9 nitrogen and oxygen atoms in total. The second-order valence-corrected chi connectivity index (χ2v) is 5.30. The number of anilines is 3. The molecule has 0 saturated carbocycles. The van der Waals surface area contributed by atoms with Crippen molar-refractivity contribution in [1.29, 1.82) is 0 Å². The maximum atomic E-state index is 5.68. The Hall–Kier alpha value is -3.75. The summed E-state index contributed by atoms with van der Waals surface area (Å²) in [6, 6.07) is 9.66. The van der Waals surface area contributed by atoms with Gasteiger partial charge in [-0.05, 0) is 12.1 Å². The van der Waals surface area contributed by atoms with E-state index < -0.39 is 0 Å². The number of benzene rings is 1. The van der Waals surface area contributed by atoms with E-state index in [1.54, 1.807) is 24.9 Å². The molecule has 3 heterocycles. The zero-order chi connectivity index (χ0) is 17.6. The number of H-pyrrole nitrogens is 1. The standard InChI is InChI=1S/C17H16N8O/c1-2-4-12(5-3-1)26-9-8-20-15-14-16(22-11-21-14)25-17(24-15)23-13-10-18-6-7-19-13/h1-7,10-11H,8-9H2,(H3,19,20,21,22,23,24,25). The summed E-state index contributed by atoms with van der Waals surface area (Å²) >= 11 is 0. The molecule has 3 aromatic heterocycles. The van der Waals surface area contributed by atoms with Crippen molar-refractivity contribution in [3.8, 4) is 5.75 Å². The SMILES string of the molecule is c1ccc(OCCNc2nc(Nc3cnccn3)nc3nc[nH]c23)cc1. The summed E-state index contributed by atoms with van der Waals surface area (Å²) in [7, 11) is 0.